The van der Waals surface area contributed by atoms with E-state index >= 15 is 0 Å². The highest BCUT2D eigenvalue weighted by molar-refractivity contribution is 9.10. The van der Waals surface area contributed by atoms with Crippen LogP contribution in [0.25, 0.3) is 0 Å². The van der Waals surface area contributed by atoms with Crippen molar-refractivity contribution in [2.24, 2.45) is 5.92 Å². The van der Waals surface area contributed by atoms with Gasteiger partial charge in [0.1, 0.15) is 0 Å². The van der Waals surface area contributed by atoms with Crippen molar-refractivity contribution in [2.45, 2.75) is 33.1 Å². The highest BCUT2D eigenvalue weighted by atomic mass is 79.9. The maximum atomic E-state index is 12.9. The Labute approximate surface area is 178 Å². The lowest BCUT2D eigenvalue weighted by Crippen LogP contribution is -2.29. The molecule has 8 heteroatoms. The highest BCUT2D eigenvalue weighted by Gasteiger charge is 2.35. The van der Waals surface area contributed by atoms with Crippen molar-refractivity contribution in [3.05, 3.63) is 40.1 Å². The quantitative estimate of drug-likeness (QED) is 0.760. The number of aryl methyl sites for hydroxylation is 2. The maximum Gasteiger partial charge on any atom is 0.229 e. The third-order valence-electron chi connectivity index (χ3n) is 5.51. The monoisotopic (exact) mass is 457 g/mol. The molecule has 2 aliphatic rings. The number of halogens is 1. The van der Waals surface area contributed by atoms with Crippen LogP contribution in [-0.2, 0) is 9.59 Å². The van der Waals surface area contributed by atoms with E-state index in [9.17, 15) is 9.59 Å². The highest BCUT2D eigenvalue weighted by Crippen LogP contribution is 2.29. The van der Waals surface area contributed by atoms with Crippen molar-refractivity contribution in [2.75, 3.05) is 34.8 Å². The molecular formula is C21H24BrN5O2. The number of aromatic nitrogens is 2. The summed E-state index contributed by atoms with van der Waals surface area (Å²) in [5.74, 6) is 0.114. The van der Waals surface area contributed by atoms with Gasteiger partial charge in [0.25, 0.3) is 0 Å². The van der Waals surface area contributed by atoms with Crippen LogP contribution in [0.15, 0.2) is 28.7 Å². The standard InChI is InChI=1S/C21H24BrN5O2/c1-13-19(14(2)24-21(23-13)26-8-3-4-9-26)25-20(29)15-10-18(28)27(12-15)17-7-5-6-16(22)11-17/h5-7,11,15H,3-4,8-10,12H2,1-2H3,(H,25,29). The first-order valence-corrected chi connectivity index (χ1v) is 10.7. The van der Waals surface area contributed by atoms with Crippen LogP contribution < -0.4 is 15.1 Å². The summed E-state index contributed by atoms with van der Waals surface area (Å²) in [6, 6.07) is 7.55. The molecule has 2 fully saturated rings. The molecule has 0 saturated carbocycles. The lowest BCUT2D eigenvalue weighted by molar-refractivity contribution is -0.122. The number of benzene rings is 1. The minimum Gasteiger partial charge on any atom is -0.341 e. The van der Waals surface area contributed by atoms with Crippen LogP contribution >= 0.6 is 15.9 Å². The van der Waals surface area contributed by atoms with E-state index in [-0.39, 0.29) is 18.2 Å². The van der Waals surface area contributed by atoms with Crippen LogP contribution in [0.3, 0.4) is 0 Å². The molecule has 0 radical (unpaired) electrons. The van der Waals surface area contributed by atoms with Gasteiger partial charge in [0.2, 0.25) is 17.8 Å². The van der Waals surface area contributed by atoms with E-state index in [0.29, 0.717) is 12.2 Å². The van der Waals surface area contributed by atoms with Gasteiger partial charge in [-0.1, -0.05) is 22.0 Å². The van der Waals surface area contributed by atoms with E-state index in [1.54, 1.807) is 4.90 Å². The molecule has 1 N–H and O–H groups in total. The van der Waals surface area contributed by atoms with Crippen LogP contribution in [-0.4, -0.2) is 41.4 Å². The average Bonchev–Trinajstić information content (AvgIpc) is 3.34. The van der Waals surface area contributed by atoms with Gasteiger partial charge < -0.3 is 15.1 Å². The first-order valence-electron chi connectivity index (χ1n) is 9.89. The number of rotatable bonds is 4. The van der Waals surface area contributed by atoms with E-state index in [4.69, 9.17) is 0 Å². The van der Waals surface area contributed by atoms with Crippen LogP contribution in [0.4, 0.5) is 17.3 Å². The van der Waals surface area contributed by atoms with Crippen molar-refractivity contribution >= 4 is 45.1 Å². The van der Waals surface area contributed by atoms with Crippen LogP contribution in [0.5, 0.6) is 0 Å². The molecule has 2 saturated heterocycles. The van der Waals surface area contributed by atoms with Gasteiger partial charge in [-0.3, -0.25) is 9.59 Å². The molecule has 2 aliphatic heterocycles. The van der Waals surface area contributed by atoms with E-state index in [1.165, 1.54) is 0 Å². The molecule has 1 atom stereocenters. The maximum absolute atomic E-state index is 12.9. The molecule has 29 heavy (non-hydrogen) atoms. The molecule has 4 rings (SSSR count). The average molecular weight is 458 g/mol. The second kappa shape index (κ2) is 8.10. The predicted octanol–water partition coefficient (Wildman–Crippen LogP) is 3.45. The van der Waals surface area contributed by atoms with Crippen molar-refractivity contribution in [3.63, 3.8) is 0 Å². The number of nitrogens with one attached hydrogen (secondary N) is 1. The molecule has 2 aromatic rings. The van der Waals surface area contributed by atoms with Crippen LogP contribution in [0.2, 0.25) is 0 Å². The lowest BCUT2D eigenvalue weighted by Gasteiger charge is -2.19. The summed E-state index contributed by atoms with van der Waals surface area (Å²) in [6.07, 6.45) is 2.51. The minimum absolute atomic E-state index is 0.0441. The predicted molar refractivity (Wildman–Crippen MR) is 116 cm³/mol. The van der Waals surface area contributed by atoms with E-state index < -0.39 is 5.92 Å². The van der Waals surface area contributed by atoms with Gasteiger partial charge in [-0.2, -0.15) is 0 Å². The Kier molecular flexibility index (Phi) is 5.54. The van der Waals surface area contributed by atoms with Gasteiger partial charge >= 0.3 is 0 Å². The molecule has 2 amide bonds. The number of amides is 2. The Bertz CT molecular complexity index is 935. The Morgan fingerprint density at radius 2 is 1.86 bits per heavy atom. The fourth-order valence-electron chi connectivity index (χ4n) is 3.94. The first kappa shape index (κ1) is 19.8. The zero-order chi connectivity index (χ0) is 20.5. The first-order chi connectivity index (χ1) is 13.9. The zero-order valence-corrected chi connectivity index (χ0v) is 18.2. The van der Waals surface area contributed by atoms with Gasteiger partial charge in [-0.25, -0.2) is 9.97 Å². The van der Waals surface area contributed by atoms with Crippen molar-refractivity contribution in [3.8, 4) is 0 Å². The Morgan fingerprint density at radius 3 is 2.52 bits per heavy atom. The number of hydrogen-bond acceptors (Lipinski definition) is 5. The molecule has 7 nitrogen and oxygen atoms in total. The summed E-state index contributed by atoms with van der Waals surface area (Å²) in [4.78, 5) is 38.4. The summed E-state index contributed by atoms with van der Waals surface area (Å²) >= 11 is 3.43. The Morgan fingerprint density at radius 1 is 1.17 bits per heavy atom. The third-order valence-corrected chi connectivity index (χ3v) is 6.01. The largest absolute Gasteiger partial charge is 0.341 e. The molecule has 3 heterocycles. The molecule has 152 valence electrons. The lowest BCUT2D eigenvalue weighted by atomic mass is 10.1. The normalized spacial score (nSPS) is 19.1. The molecule has 1 aromatic carbocycles. The third kappa shape index (κ3) is 4.12. The summed E-state index contributed by atoms with van der Waals surface area (Å²) in [6.45, 7) is 6.08. The van der Waals surface area contributed by atoms with Crippen LogP contribution in [0, 0.1) is 19.8 Å². The second-order valence-electron chi connectivity index (χ2n) is 7.64. The smallest absolute Gasteiger partial charge is 0.229 e. The van der Waals surface area contributed by atoms with Crippen molar-refractivity contribution < 1.29 is 9.59 Å². The van der Waals surface area contributed by atoms with E-state index in [1.807, 2.05) is 38.1 Å². The number of hydrogen-bond donors (Lipinski definition) is 1. The number of carbonyl (C=O) groups is 2. The minimum atomic E-state index is -0.404. The van der Waals surface area contributed by atoms with E-state index in [0.717, 1.165) is 53.4 Å². The van der Waals surface area contributed by atoms with Crippen molar-refractivity contribution in [1.29, 1.82) is 0 Å². The molecule has 0 spiro atoms. The van der Waals surface area contributed by atoms with Crippen molar-refractivity contribution in [1.82, 2.24) is 9.97 Å². The van der Waals surface area contributed by atoms with Gasteiger partial charge in [-0.05, 0) is 44.9 Å². The summed E-state index contributed by atoms with van der Waals surface area (Å²) in [7, 11) is 0. The van der Waals surface area contributed by atoms with Gasteiger partial charge in [0, 0.05) is 36.2 Å². The SMILES string of the molecule is Cc1nc(N2CCCC2)nc(C)c1NC(=O)C1CC(=O)N(c2cccc(Br)c2)C1. The summed E-state index contributed by atoms with van der Waals surface area (Å²) in [5, 5.41) is 2.97. The van der Waals surface area contributed by atoms with Gasteiger partial charge in [-0.15, -0.1) is 0 Å². The molecule has 1 aromatic heterocycles. The van der Waals surface area contributed by atoms with E-state index in [2.05, 4.69) is 36.1 Å². The topological polar surface area (TPSA) is 78.4 Å². The Balaban J connectivity index is 1.47. The fourth-order valence-corrected chi connectivity index (χ4v) is 4.33. The number of nitrogens with zero attached hydrogens (tertiary/aromatic N) is 4. The summed E-state index contributed by atoms with van der Waals surface area (Å²) < 4.78 is 0.900. The van der Waals surface area contributed by atoms with Crippen LogP contribution in [0.1, 0.15) is 30.7 Å². The molecule has 0 aliphatic carbocycles. The van der Waals surface area contributed by atoms with Gasteiger partial charge in [0.05, 0.1) is 23.0 Å². The summed E-state index contributed by atoms with van der Waals surface area (Å²) in [5.41, 5.74) is 2.94. The Hall–Kier alpha value is -2.48. The number of carbonyl (C=O) groups excluding carboxylic acids is 2. The molecular weight excluding hydrogens is 434 g/mol. The molecule has 0 bridgehead atoms. The fraction of sp³-hybridized carbons (Fsp3) is 0.429. The zero-order valence-electron chi connectivity index (χ0n) is 16.6. The van der Waals surface area contributed by atoms with Gasteiger partial charge in [0.15, 0.2) is 0 Å². The second-order valence-corrected chi connectivity index (χ2v) is 8.55. The molecule has 1 unspecified atom stereocenters. The number of anilines is 3.